The third-order valence-corrected chi connectivity index (χ3v) is 6.25. The zero-order valence-corrected chi connectivity index (χ0v) is 16.4. The molecule has 2 aliphatic heterocycles. The van der Waals surface area contributed by atoms with E-state index in [1.54, 1.807) is 0 Å². The van der Waals surface area contributed by atoms with E-state index < -0.39 is 0 Å². The van der Waals surface area contributed by atoms with Gasteiger partial charge in [-0.1, -0.05) is 37.5 Å². The van der Waals surface area contributed by atoms with Gasteiger partial charge in [0.15, 0.2) is 0 Å². The molecule has 5 heteroatoms. The molecule has 0 unspecified atom stereocenters. The van der Waals surface area contributed by atoms with Crippen LogP contribution in [0.15, 0.2) is 30.3 Å². The summed E-state index contributed by atoms with van der Waals surface area (Å²) in [6, 6.07) is 11.9. The van der Waals surface area contributed by atoms with Gasteiger partial charge in [0.05, 0.1) is 18.8 Å². The topological polar surface area (TPSA) is 35.9 Å². The fraction of sp³-hybridized carbons (Fsp3) is 0.714. The largest absolute Gasteiger partial charge is 0.389 e. The van der Waals surface area contributed by atoms with Gasteiger partial charge in [0.25, 0.3) is 0 Å². The molecule has 0 spiro atoms. The van der Waals surface area contributed by atoms with Crippen LogP contribution in [-0.2, 0) is 4.74 Å². The van der Waals surface area contributed by atoms with Crippen molar-refractivity contribution in [2.24, 2.45) is 0 Å². The number of hydrogen-bond donors (Lipinski definition) is 1. The van der Waals surface area contributed by atoms with Crippen LogP contribution < -0.4 is 4.90 Å². The van der Waals surface area contributed by atoms with E-state index in [-0.39, 0.29) is 18.5 Å². The fourth-order valence-corrected chi connectivity index (χ4v) is 4.91. The minimum Gasteiger partial charge on any atom is -0.389 e. The zero-order chi connectivity index (χ0) is 17.1. The molecule has 4 nitrogen and oxygen atoms in total. The van der Waals surface area contributed by atoms with Crippen LogP contribution in [0.2, 0.25) is 0 Å². The normalized spacial score (nSPS) is 28.0. The lowest BCUT2D eigenvalue weighted by Crippen LogP contribution is -2.56. The maximum Gasteiger partial charge on any atom is 0.0900 e. The molecule has 4 rings (SSSR count). The number of halogens is 1. The van der Waals surface area contributed by atoms with Gasteiger partial charge in [0.2, 0.25) is 0 Å². The number of fused-ring (bicyclic) bond motifs is 2. The van der Waals surface area contributed by atoms with Gasteiger partial charge in [-0.15, -0.1) is 12.4 Å². The first-order valence-electron chi connectivity index (χ1n) is 10.1. The molecule has 1 saturated carbocycles. The number of rotatable bonds is 6. The van der Waals surface area contributed by atoms with Crippen LogP contribution in [0, 0.1) is 0 Å². The van der Waals surface area contributed by atoms with Crippen LogP contribution in [0.3, 0.4) is 0 Å². The molecule has 2 saturated heterocycles. The first-order valence-corrected chi connectivity index (χ1v) is 10.1. The highest BCUT2D eigenvalue weighted by Gasteiger charge is 2.40. The van der Waals surface area contributed by atoms with Crippen molar-refractivity contribution in [3.63, 3.8) is 0 Å². The number of ether oxygens (including phenoxy) is 1. The summed E-state index contributed by atoms with van der Waals surface area (Å²) in [5.74, 6) is 0. The number of piperazine rings is 1. The second-order valence-electron chi connectivity index (χ2n) is 8.07. The molecule has 2 heterocycles. The van der Waals surface area contributed by atoms with Crippen LogP contribution in [0.5, 0.6) is 0 Å². The number of benzene rings is 1. The average Bonchev–Trinajstić information content (AvgIpc) is 2.89. The highest BCUT2D eigenvalue weighted by Crippen LogP contribution is 2.32. The van der Waals surface area contributed by atoms with Crippen molar-refractivity contribution >= 4 is 18.1 Å². The molecular formula is C21H33ClN2O2. The smallest absolute Gasteiger partial charge is 0.0900 e. The van der Waals surface area contributed by atoms with Gasteiger partial charge >= 0.3 is 0 Å². The summed E-state index contributed by atoms with van der Waals surface area (Å²) in [4.78, 5) is 5.07. The Bertz CT molecular complexity index is 524. The Kier molecular flexibility index (Phi) is 7.21. The number of anilines is 1. The Morgan fingerprint density at radius 1 is 0.962 bits per heavy atom. The molecule has 0 aromatic heterocycles. The van der Waals surface area contributed by atoms with Gasteiger partial charge in [0, 0.05) is 37.4 Å². The molecule has 1 aromatic rings. The standard InChI is InChI=1S/C21H32N2O2.ClH/c24-20(16-25-21-9-5-2-6-10-21)15-23-18-11-12-19(23)14-22(13-18)17-7-3-1-4-8-17;/h1,3-4,7-8,18-21,24H,2,5-6,9-16H2;1H/t18-,19+,20-;/m1./s1. The predicted octanol–water partition coefficient (Wildman–Crippen LogP) is 3.47. The van der Waals surface area contributed by atoms with Gasteiger partial charge in [-0.2, -0.15) is 0 Å². The van der Waals surface area contributed by atoms with E-state index in [1.165, 1.54) is 50.6 Å². The lowest BCUT2D eigenvalue weighted by Gasteiger charge is -2.43. The van der Waals surface area contributed by atoms with Crippen LogP contribution in [0.1, 0.15) is 44.9 Å². The summed E-state index contributed by atoms with van der Waals surface area (Å²) in [6.07, 6.45) is 8.80. The van der Waals surface area contributed by atoms with Crippen molar-refractivity contribution in [3.05, 3.63) is 30.3 Å². The van der Waals surface area contributed by atoms with Gasteiger partial charge in [-0.25, -0.2) is 0 Å². The average molecular weight is 381 g/mol. The molecule has 0 radical (unpaired) electrons. The minimum absolute atomic E-state index is 0. The van der Waals surface area contributed by atoms with E-state index >= 15 is 0 Å². The Morgan fingerprint density at radius 2 is 1.62 bits per heavy atom. The summed E-state index contributed by atoms with van der Waals surface area (Å²) < 4.78 is 5.98. The van der Waals surface area contributed by atoms with E-state index in [0.717, 1.165) is 19.6 Å². The maximum absolute atomic E-state index is 10.5. The number of nitrogens with zero attached hydrogens (tertiary/aromatic N) is 2. The third kappa shape index (κ3) is 4.72. The van der Waals surface area contributed by atoms with Crippen molar-refractivity contribution in [3.8, 4) is 0 Å². The first kappa shape index (κ1) is 19.9. The highest BCUT2D eigenvalue weighted by atomic mass is 35.5. The Balaban J connectivity index is 0.00000196. The Morgan fingerprint density at radius 3 is 2.27 bits per heavy atom. The van der Waals surface area contributed by atoms with Crippen molar-refractivity contribution in [1.29, 1.82) is 0 Å². The predicted molar refractivity (Wildman–Crippen MR) is 108 cm³/mol. The lowest BCUT2D eigenvalue weighted by molar-refractivity contribution is -0.0389. The molecule has 3 fully saturated rings. The number of aliphatic hydroxyl groups is 1. The molecule has 1 aromatic carbocycles. The molecule has 1 N–H and O–H groups in total. The molecule has 26 heavy (non-hydrogen) atoms. The summed E-state index contributed by atoms with van der Waals surface area (Å²) >= 11 is 0. The second kappa shape index (κ2) is 9.41. The third-order valence-electron chi connectivity index (χ3n) is 6.25. The molecule has 2 bridgehead atoms. The van der Waals surface area contributed by atoms with Crippen LogP contribution in [-0.4, -0.2) is 60.5 Å². The molecule has 146 valence electrons. The van der Waals surface area contributed by atoms with Gasteiger partial charge < -0.3 is 14.7 Å². The minimum atomic E-state index is -0.353. The van der Waals surface area contributed by atoms with E-state index in [9.17, 15) is 5.11 Å². The number of hydrogen-bond acceptors (Lipinski definition) is 4. The SMILES string of the molecule is Cl.O[C@@H](COC1CCCCC1)CN1[C@@H]2CC[C@H]1CN(c1ccccc1)C2. The molecule has 3 atom stereocenters. The molecule has 1 aliphatic carbocycles. The van der Waals surface area contributed by atoms with Crippen LogP contribution in [0.4, 0.5) is 5.69 Å². The summed E-state index contributed by atoms with van der Waals surface area (Å²) in [5.41, 5.74) is 1.33. The fourth-order valence-electron chi connectivity index (χ4n) is 4.91. The van der Waals surface area contributed by atoms with Crippen LogP contribution in [0.25, 0.3) is 0 Å². The monoisotopic (exact) mass is 380 g/mol. The maximum atomic E-state index is 10.5. The van der Waals surface area contributed by atoms with E-state index in [4.69, 9.17) is 4.74 Å². The second-order valence-corrected chi connectivity index (χ2v) is 8.07. The summed E-state index contributed by atoms with van der Waals surface area (Å²) in [6.45, 7) is 3.43. The Hall–Kier alpha value is -0.810. The van der Waals surface area contributed by atoms with E-state index in [0.29, 0.717) is 24.8 Å². The van der Waals surface area contributed by atoms with Crippen molar-refractivity contribution in [1.82, 2.24) is 4.90 Å². The first-order chi connectivity index (χ1) is 12.3. The van der Waals surface area contributed by atoms with Crippen molar-refractivity contribution < 1.29 is 9.84 Å². The summed E-state index contributed by atoms with van der Waals surface area (Å²) in [7, 11) is 0. The zero-order valence-electron chi connectivity index (χ0n) is 15.6. The van der Waals surface area contributed by atoms with Gasteiger partial charge in [0.1, 0.15) is 0 Å². The lowest BCUT2D eigenvalue weighted by atomic mass is 9.98. The van der Waals surface area contributed by atoms with Gasteiger partial charge in [-0.3, -0.25) is 4.90 Å². The van der Waals surface area contributed by atoms with Gasteiger partial charge in [-0.05, 0) is 37.8 Å². The molecule has 0 amide bonds. The van der Waals surface area contributed by atoms with E-state index in [1.807, 2.05) is 0 Å². The highest BCUT2D eigenvalue weighted by molar-refractivity contribution is 5.85. The summed E-state index contributed by atoms with van der Waals surface area (Å²) in [5, 5.41) is 10.5. The Labute approximate surface area is 163 Å². The van der Waals surface area contributed by atoms with Crippen LogP contribution >= 0.6 is 12.4 Å². The van der Waals surface area contributed by atoms with Crippen molar-refractivity contribution in [2.45, 2.75) is 69.2 Å². The molecule has 3 aliphatic rings. The van der Waals surface area contributed by atoms with E-state index in [2.05, 4.69) is 40.1 Å². The quantitative estimate of drug-likeness (QED) is 0.819. The number of para-hydroxylation sites is 1. The molecular weight excluding hydrogens is 348 g/mol. The van der Waals surface area contributed by atoms with Crippen molar-refractivity contribution in [2.75, 3.05) is 31.1 Å². The number of aliphatic hydroxyl groups excluding tert-OH is 1.